The number of benzene rings is 12. The van der Waals surface area contributed by atoms with E-state index < -0.39 is 0 Å². The van der Waals surface area contributed by atoms with Crippen LogP contribution in [0.25, 0.3) is 166 Å². The number of aromatic nitrogens is 6. The highest BCUT2D eigenvalue weighted by molar-refractivity contribution is 6.16. The quantitative estimate of drug-likeness (QED) is 0.132. The fraction of sp³-hybridized carbons (Fsp3) is 0.0217. The molecule has 0 spiro atoms. The molecule has 0 bridgehead atoms. The molecule has 6 aromatic heterocycles. The summed E-state index contributed by atoms with van der Waals surface area (Å²) >= 11 is 0. The topological polar surface area (TPSA) is 236 Å². The van der Waals surface area contributed by atoms with Crippen LogP contribution in [-0.2, 0) is 0 Å². The molecule has 486 valence electrons. The Hall–Kier alpha value is -15.9. The lowest BCUT2D eigenvalue weighted by Crippen LogP contribution is -2.06. The van der Waals surface area contributed by atoms with Crippen molar-refractivity contribution in [2.75, 3.05) is 0 Å². The molecule has 0 unspecified atom stereocenters. The average Bonchev–Trinajstić information content (AvgIpc) is 1.56. The van der Waals surface area contributed by atoms with Gasteiger partial charge < -0.3 is 18.3 Å². The molecule has 14 heteroatoms. The van der Waals surface area contributed by atoms with Gasteiger partial charge in [-0.25, -0.2) is 4.98 Å². The summed E-state index contributed by atoms with van der Waals surface area (Å²) in [7, 11) is 0. The van der Waals surface area contributed by atoms with Gasteiger partial charge in [0.15, 0.2) is 0 Å². The van der Waals surface area contributed by atoms with E-state index in [0.717, 1.165) is 99.5 Å². The minimum absolute atomic E-state index is 0.230. The monoisotopic (exact) mass is 1350 g/mol. The van der Waals surface area contributed by atoms with E-state index in [1.54, 1.807) is 48.5 Å². The highest BCUT2D eigenvalue weighted by Crippen LogP contribution is 2.47. The molecule has 18 rings (SSSR count). The second-order valence-corrected chi connectivity index (χ2v) is 26.3. The van der Waals surface area contributed by atoms with E-state index in [2.05, 4.69) is 82.0 Å². The maximum atomic E-state index is 12.0. The number of rotatable bonds is 9. The lowest BCUT2D eigenvalue weighted by molar-refractivity contribution is 1.11. The number of nitrogens with zero attached hydrogens (tertiary/aromatic N) is 14. The number of pyridine rings is 2. The van der Waals surface area contributed by atoms with Crippen LogP contribution >= 0.6 is 0 Å². The molecule has 0 amide bonds. The molecule has 14 nitrogen and oxygen atoms in total. The van der Waals surface area contributed by atoms with Crippen molar-refractivity contribution in [2.24, 2.45) is 0 Å². The molecule has 0 aliphatic carbocycles. The summed E-state index contributed by atoms with van der Waals surface area (Å²) < 4.78 is 8.09. The minimum Gasteiger partial charge on any atom is -0.308 e. The first-order chi connectivity index (χ1) is 52.0. The zero-order valence-electron chi connectivity index (χ0n) is 56.5. The Bertz CT molecular complexity index is 7180. The molecule has 106 heavy (non-hydrogen) atoms. The predicted molar refractivity (Wildman–Crippen MR) is 414 cm³/mol. The maximum absolute atomic E-state index is 12.0. The first-order valence-electron chi connectivity index (χ1n) is 34.0. The number of fused-ring (bicyclic) bond motifs is 12. The van der Waals surface area contributed by atoms with Gasteiger partial charge in [-0.15, -0.1) is 0 Å². The molecule has 0 fully saturated rings. The van der Waals surface area contributed by atoms with Crippen molar-refractivity contribution in [3.05, 3.63) is 311 Å². The molecule has 0 aliphatic heterocycles. The largest absolute Gasteiger partial charge is 0.308 e. The predicted octanol–water partition coefficient (Wildman–Crippen LogP) is 20.8. The number of hydrogen-bond donors (Lipinski definition) is 0. The van der Waals surface area contributed by atoms with Gasteiger partial charge in [0.25, 0.3) is 0 Å². The summed E-state index contributed by atoms with van der Waals surface area (Å²) in [6.45, 7) is 3.85. The fourth-order valence-corrected chi connectivity index (χ4v) is 15.7. The van der Waals surface area contributed by atoms with Crippen molar-refractivity contribution in [2.45, 2.75) is 13.8 Å². The summed E-state index contributed by atoms with van der Waals surface area (Å²) in [4.78, 5) is 9.98. The van der Waals surface area contributed by atoms with E-state index >= 15 is 0 Å². The van der Waals surface area contributed by atoms with Crippen LogP contribution in [0.5, 0.6) is 0 Å². The molecule has 0 saturated heterocycles. The highest BCUT2D eigenvalue weighted by Gasteiger charge is 2.28. The van der Waals surface area contributed by atoms with Crippen molar-refractivity contribution in [1.82, 2.24) is 28.2 Å². The lowest BCUT2D eigenvalue weighted by Gasteiger charge is -2.19. The molecule has 0 aliphatic rings. The number of para-hydroxylation sites is 1. The second-order valence-electron chi connectivity index (χ2n) is 26.3. The molecule has 12 aromatic carbocycles. The molecule has 0 atom stereocenters. The number of nitriles is 8. The van der Waals surface area contributed by atoms with Gasteiger partial charge in [-0.3, -0.25) is 4.98 Å². The Morgan fingerprint density at radius 1 is 0.236 bits per heavy atom. The third kappa shape index (κ3) is 9.79. The molecular formula is C92H48N14. The van der Waals surface area contributed by atoms with Gasteiger partial charge in [0.05, 0.1) is 148 Å². The van der Waals surface area contributed by atoms with E-state index in [4.69, 9.17) is 9.97 Å². The number of aryl methyl sites for hydroxylation is 2. The molecule has 6 heterocycles. The summed E-state index contributed by atoms with van der Waals surface area (Å²) in [6.07, 6.45) is 0. The lowest BCUT2D eigenvalue weighted by atomic mass is 9.95. The maximum Gasteiger partial charge on any atom is 0.104 e. The van der Waals surface area contributed by atoms with Gasteiger partial charge in [0, 0.05) is 71.2 Å². The molecule has 0 saturated carbocycles. The minimum atomic E-state index is 0.230. The highest BCUT2D eigenvalue weighted by atomic mass is 15.0. The van der Waals surface area contributed by atoms with Gasteiger partial charge >= 0.3 is 0 Å². The summed E-state index contributed by atoms with van der Waals surface area (Å²) in [5, 5.41) is 94.1. The zero-order chi connectivity index (χ0) is 72.2. The van der Waals surface area contributed by atoms with Crippen molar-refractivity contribution < 1.29 is 0 Å². The van der Waals surface area contributed by atoms with Crippen molar-refractivity contribution in [3.8, 4) is 127 Å². The smallest absolute Gasteiger partial charge is 0.104 e. The van der Waals surface area contributed by atoms with Crippen LogP contribution in [0.15, 0.2) is 255 Å². The van der Waals surface area contributed by atoms with Crippen LogP contribution in [0, 0.1) is 104 Å². The third-order valence-corrected chi connectivity index (χ3v) is 20.3. The molecule has 0 radical (unpaired) electrons. The van der Waals surface area contributed by atoms with Crippen LogP contribution < -0.4 is 0 Å². The van der Waals surface area contributed by atoms with Crippen molar-refractivity contribution in [3.63, 3.8) is 0 Å². The second kappa shape index (κ2) is 24.5. The number of hydrogen-bond acceptors (Lipinski definition) is 10. The first kappa shape index (κ1) is 62.3. The van der Waals surface area contributed by atoms with E-state index in [0.29, 0.717) is 117 Å². The Balaban J connectivity index is 0.894. The Labute approximate surface area is 605 Å². The van der Waals surface area contributed by atoms with E-state index in [9.17, 15) is 42.1 Å². The van der Waals surface area contributed by atoms with Crippen molar-refractivity contribution in [1.29, 1.82) is 42.1 Å². The van der Waals surface area contributed by atoms with Crippen LogP contribution in [0.3, 0.4) is 0 Å². The summed E-state index contributed by atoms with van der Waals surface area (Å²) in [5.74, 6) is 0. The average molecular weight is 1350 g/mol. The molecular weight excluding hydrogens is 1300 g/mol. The van der Waals surface area contributed by atoms with E-state index in [-0.39, 0.29) is 5.56 Å². The molecule has 0 N–H and O–H groups in total. The fourth-order valence-electron chi connectivity index (χ4n) is 15.7. The van der Waals surface area contributed by atoms with Crippen molar-refractivity contribution >= 4 is 87.2 Å². The summed E-state index contributed by atoms with van der Waals surface area (Å²) in [6, 6.07) is 101. The normalized spacial score (nSPS) is 11.2. The van der Waals surface area contributed by atoms with E-state index in [1.165, 1.54) is 0 Å². The van der Waals surface area contributed by atoms with Gasteiger partial charge in [-0.2, -0.15) is 42.1 Å². The summed E-state index contributed by atoms with van der Waals surface area (Å²) in [5.41, 5.74) is 19.7. The third-order valence-electron chi connectivity index (χ3n) is 20.3. The zero-order valence-corrected chi connectivity index (χ0v) is 56.5. The van der Waals surface area contributed by atoms with Crippen LogP contribution in [-0.4, -0.2) is 28.2 Å². The first-order valence-corrected chi connectivity index (χ1v) is 34.0. The van der Waals surface area contributed by atoms with Crippen LogP contribution in [0.2, 0.25) is 0 Å². The standard InChI is InChI=1S/C92H48N14/c1-53-29-63(30-54(2)101-53)65-39-91(105-85-33-57(47-95)17-23-69(85)70-24-18-58(48-96)34-86(70)105)78(52-100)92(40-65)106-87-35-59(49-97)19-25-71(87)76-44-72(67(50-98)43-88(76)106)62-22-28-84-75(36-62)74-32-56(46-94)21-27-83(74)104(84)90-42-66(64-37-79(60-11-5-3-6-12-60)102-80(38-64)61-13-7-4-8-14-61)41-89(77(90)51-99)103-81-16-10-9-15-68(81)73-31-55(45-93)20-26-82(73)103/h3-44H,1-2H3. The van der Waals surface area contributed by atoms with Crippen LogP contribution in [0.1, 0.15) is 55.9 Å². The van der Waals surface area contributed by atoms with Gasteiger partial charge in [-0.05, 0) is 193 Å². The Kier molecular flexibility index (Phi) is 14.4. The SMILES string of the molecule is Cc1cc(-c2cc(-n3c4cc(C#N)ccc4c4ccc(C#N)cc43)c(C#N)c(-n3c4cc(C#N)ccc4c4cc(-c5ccc6c(c5)c5cc(C#N)ccc5n6-c5cc(-c6cc(-c7ccccc7)nc(-c7ccccc7)c6)cc(-n6c7ccccc7c7cc(C#N)ccc76)c5C#N)c(C#N)cc43)c2)cc(C)n1. The van der Waals surface area contributed by atoms with Gasteiger partial charge in [0.2, 0.25) is 0 Å². The van der Waals surface area contributed by atoms with Gasteiger partial charge in [-0.1, -0.05) is 103 Å². The Morgan fingerprint density at radius 3 is 1.05 bits per heavy atom. The van der Waals surface area contributed by atoms with E-state index in [1.807, 2.05) is 205 Å². The Morgan fingerprint density at radius 2 is 0.585 bits per heavy atom. The molecule has 18 aromatic rings. The van der Waals surface area contributed by atoms with Gasteiger partial charge in [0.1, 0.15) is 23.3 Å². The van der Waals surface area contributed by atoms with Crippen LogP contribution in [0.4, 0.5) is 0 Å².